The minimum atomic E-state index is -0.566. The molecular formula is C28H19ClN2O4S. The van der Waals surface area contributed by atoms with E-state index in [9.17, 15) is 9.59 Å². The number of halogens is 1. The zero-order chi connectivity index (χ0) is 25.1. The summed E-state index contributed by atoms with van der Waals surface area (Å²) in [7, 11) is 1.49. The van der Waals surface area contributed by atoms with Crippen LogP contribution >= 0.6 is 22.9 Å². The molecule has 1 aromatic heterocycles. The molecule has 1 N–H and O–H groups in total. The number of ether oxygens (including phenoxy) is 2. The zero-order valence-corrected chi connectivity index (χ0v) is 20.6. The maximum atomic E-state index is 13.1. The van der Waals surface area contributed by atoms with Crippen molar-refractivity contribution in [2.75, 3.05) is 7.11 Å². The van der Waals surface area contributed by atoms with Crippen LogP contribution in [0.1, 0.15) is 25.6 Å². The molecule has 6 nitrogen and oxygen atoms in total. The Bertz CT molecular complexity index is 1640. The Morgan fingerprint density at radius 2 is 1.61 bits per heavy atom. The molecule has 8 heteroatoms. The van der Waals surface area contributed by atoms with Crippen molar-refractivity contribution in [1.82, 2.24) is 5.43 Å². The van der Waals surface area contributed by atoms with Crippen molar-refractivity contribution in [3.8, 4) is 11.5 Å². The number of esters is 1. The second-order valence-electron chi connectivity index (χ2n) is 7.73. The summed E-state index contributed by atoms with van der Waals surface area (Å²) >= 11 is 7.75. The lowest BCUT2D eigenvalue weighted by atomic mass is 10.0. The maximum Gasteiger partial charge on any atom is 0.355 e. The van der Waals surface area contributed by atoms with Crippen molar-refractivity contribution in [2.45, 2.75) is 0 Å². The number of amides is 1. The minimum Gasteiger partial charge on any atom is -0.496 e. The fourth-order valence-electron chi connectivity index (χ4n) is 3.84. The Hall–Kier alpha value is -4.20. The number of carbonyl (C=O) groups excluding carboxylic acids is 2. The van der Waals surface area contributed by atoms with Crippen molar-refractivity contribution in [3.05, 3.63) is 106 Å². The molecule has 4 aromatic carbocycles. The van der Waals surface area contributed by atoms with Crippen LogP contribution < -0.4 is 14.9 Å². The van der Waals surface area contributed by atoms with E-state index in [-0.39, 0.29) is 0 Å². The number of rotatable bonds is 6. The molecule has 1 amide bonds. The van der Waals surface area contributed by atoms with Crippen LogP contribution in [0.25, 0.3) is 20.9 Å². The van der Waals surface area contributed by atoms with E-state index in [4.69, 9.17) is 21.1 Å². The maximum absolute atomic E-state index is 13.1. The molecule has 0 unspecified atom stereocenters. The Morgan fingerprint density at radius 1 is 0.889 bits per heavy atom. The lowest BCUT2D eigenvalue weighted by molar-refractivity contribution is 0.0739. The Balaban J connectivity index is 1.46. The van der Waals surface area contributed by atoms with Gasteiger partial charge in [-0.25, -0.2) is 10.2 Å². The molecule has 0 saturated heterocycles. The third kappa shape index (κ3) is 4.54. The van der Waals surface area contributed by atoms with Gasteiger partial charge in [-0.15, -0.1) is 11.3 Å². The monoisotopic (exact) mass is 514 g/mol. The summed E-state index contributed by atoms with van der Waals surface area (Å²) in [6.45, 7) is 0. The number of fused-ring (bicyclic) bond motifs is 2. The summed E-state index contributed by atoms with van der Waals surface area (Å²) in [5.74, 6) is -0.267. The number of hydrogen-bond donors (Lipinski definition) is 1. The van der Waals surface area contributed by atoms with Gasteiger partial charge in [0.15, 0.2) is 0 Å². The van der Waals surface area contributed by atoms with Crippen molar-refractivity contribution in [1.29, 1.82) is 0 Å². The van der Waals surface area contributed by atoms with Gasteiger partial charge in [0.2, 0.25) is 0 Å². The van der Waals surface area contributed by atoms with Gasteiger partial charge in [-0.3, -0.25) is 4.79 Å². The highest BCUT2D eigenvalue weighted by Gasteiger charge is 2.20. The van der Waals surface area contributed by atoms with Crippen molar-refractivity contribution < 1.29 is 19.1 Å². The molecule has 0 aliphatic heterocycles. The number of para-hydroxylation sites is 1. The number of benzene rings is 4. The fraction of sp³-hybridized carbons (Fsp3) is 0.0357. The molecule has 5 aromatic rings. The molecule has 178 valence electrons. The molecule has 0 aliphatic rings. The number of hydrazone groups is 1. The van der Waals surface area contributed by atoms with Gasteiger partial charge in [-0.2, -0.15) is 5.10 Å². The summed E-state index contributed by atoms with van der Waals surface area (Å²) in [6, 6.07) is 25.6. The van der Waals surface area contributed by atoms with Crippen LogP contribution in [0, 0.1) is 0 Å². The van der Waals surface area contributed by atoms with Gasteiger partial charge in [0.1, 0.15) is 16.4 Å². The van der Waals surface area contributed by atoms with Crippen molar-refractivity contribution >= 4 is 61.9 Å². The van der Waals surface area contributed by atoms with Gasteiger partial charge >= 0.3 is 5.97 Å². The smallest absolute Gasteiger partial charge is 0.355 e. The highest BCUT2D eigenvalue weighted by atomic mass is 35.5. The van der Waals surface area contributed by atoms with E-state index in [1.807, 2.05) is 54.6 Å². The Morgan fingerprint density at radius 3 is 2.42 bits per heavy atom. The lowest BCUT2D eigenvalue weighted by Crippen LogP contribution is -2.18. The minimum absolute atomic E-state index is 0.294. The molecule has 0 radical (unpaired) electrons. The summed E-state index contributed by atoms with van der Waals surface area (Å²) < 4.78 is 11.9. The van der Waals surface area contributed by atoms with Gasteiger partial charge < -0.3 is 9.47 Å². The number of carbonyl (C=O) groups is 2. The summed E-state index contributed by atoms with van der Waals surface area (Å²) in [4.78, 5) is 26.1. The summed E-state index contributed by atoms with van der Waals surface area (Å²) in [5.41, 5.74) is 3.41. The van der Waals surface area contributed by atoms with Crippen LogP contribution in [-0.4, -0.2) is 25.2 Å². The second-order valence-corrected chi connectivity index (χ2v) is 9.16. The van der Waals surface area contributed by atoms with Gasteiger partial charge in [-0.1, -0.05) is 72.3 Å². The van der Waals surface area contributed by atoms with E-state index in [2.05, 4.69) is 10.5 Å². The normalized spacial score (nSPS) is 11.2. The number of methoxy groups -OCH3 is 1. The number of nitrogens with zero attached hydrogens (tertiary/aromatic N) is 1. The fourth-order valence-corrected chi connectivity index (χ4v) is 5.22. The molecule has 0 bridgehead atoms. The topological polar surface area (TPSA) is 77.0 Å². The van der Waals surface area contributed by atoms with Crippen LogP contribution in [0.3, 0.4) is 0 Å². The first-order chi connectivity index (χ1) is 17.6. The van der Waals surface area contributed by atoms with Crippen molar-refractivity contribution in [2.24, 2.45) is 5.10 Å². The highest BCUT2D eigenvalue weighted by Crippen LogP contribution is 2.36. The van der Waals surface area contributed by atoms with E-state index in [0.717, 1.165) is 20.9 Å². The first-order valence-electron chi connectivity index (χ1n) is 10.9. The first-order valence-corrected chi connectivity index (χ1v) is 12.1. The number of thiophene rings is 1. The Labute approximate surface area is 215 Å². The molecule has 1 heterocycles. The molecule has 36 heavy (non-hydrogen) atoms. The third-order valence-electron chi connectivity index (χ3n) is 5.56. The molecule has 0 fully saturated rings. The number of nitrogens with one attached hydrogen (secondary N) is 1. The molecule has 0 saturated carbocycles. The predicted octanol–water partition coefficient (Wildman–Crippen LogP) is 6.70. The first kappa shape index (κ1) is 23.5. The van der Waals surface area contributed by atoms with E-state index in [0.29, 0.717) is 32.5 Å². The molecule has 0 atom stereocenters. The lowest BCUT2D eigenvalue weighted by Gasteiger charge is -2.10. The summed E-state index contributed by atoms with van der Waals surface area (Å²) in [5, 5.41) is 7.04. The number of hydrogen-bond acceptors (Lipinski definition) is 6. The molecule has 0 aliphatic carbocycles. The zero-order valence-electron chi connectivity index (χ0n) is 19.0. The van der Waals surface area contributed by atoms with E-state index in [1.54, 1.807) is 30.3 Å². The van der Waals surface area contributed by atoms with Crippen LogP contribution in [0.2, 0.25) is 5.02 Å². The van der Waals surface area contributed by atoms with Gasteiger partial charge in [-0.05, 0) is 35.0 Å². The van der Waals surface area contributed by atoms with Gasteiger partial charge in [0.05, 0.1) is 23.9 Å². The van der Waals surface area contributed by atoms with Gasteiger partial charge in [0.25, 0.3) is 5.91 Å². The average Bonchev–Trinajstić information content (AvgIpc) is 3.26. The third-order valence-corrected chi connectivity index (χ3v) is 7.22. The van der Waals surface area contributed by atoms with Crippen LogP contribution in [0.4, 0.5) is 0 Å². The van der Waals surface area contributed by atoms with Crippen LogP contribution in [0.5, 0.6) is 11.5 Å². The van der Waals surface area contributed by atoms with E-state index < -0.39 is 11.9 Å². The van der Waals surface area contributed by atoms with Crippen LogP contribution in [0.15, 0.2) is 90.0 Å². The molecular weight excluding hydrogens is 496 g/mol. The average molecular weight is 515 g/mol. The van der Waals surface area contributed by atoms with Crippen molar-refractivity contribution in [3.63, 3.8) is 0 Å². The molecule has 5 rings (SSSR count). The van der Waals surface area contributed by atoms with Crippen LogP contribution in [-0.2, 0) is 0 Å². The largest absolute Gasteiger partial charge is 0.496 e. The highest BCUT2D eigenvalue weighted by molar-refractivity contribution is 7.21. The standard InChI is InChI=1S/C28H19ClN2O4S/c1-34-22-12-6-4-10-19(22)27(32)31-30-16-21-18-9-3-2-8-17(18)14-15-23(21)35-28(33)26-25(29)20-11-5-7-13-24(20)36-26/h2-16H,1H3,(H,31,32)/b30-16-. The predicted molar refractivity (Wildman–Crippen MR) is 144 cm³/mol. The van der Waals surface area contributed by atoms with Gasteiger partial charge in [0, 0.05) is 15.6 Å². The Kier molecular flexibility index (Phi) is 6.66. The second kappa shape index (κ2) is 10.2. The SMILES string of the molecule is COc1ccccc1C(=O)N/N=C\c1c(OC(=O)c2sc3ccccc3c2Cl)ccc2ccccc12. The summed E-state index contributed by atoms with van der Waals surface area (Å²) in [6.07, 6.45) is 1.46. The quantitative estimate of drug-likeness (QED) is 0.118. The van der Waals surface area contributed by atoms with E-state index in [1.165, 1.54) is 24.7 Å². The molecule has 0 spiro atoms. The van der Waals surface area contributed by atoms with E-state index >= 15 is 0 Å².